The predicted molar refractivity (Wildman–Crippen MR) is 70.7 cm³/mol. The maximum atomic E-state index is 5.68. The van der Waals surface area contributed by atoms with Crippen molar-refractivity contribution in [1.82, 2.24) is 4.90 Å². The summed E-state index contributed by atoms with van der Waals surface area (Å²) in [5, 5.41) is 0. The molecule has 0 aliphatic carbocycles. The van der Waals surface area contributed by atoms with Crippen molar-refractivity contribution < 1.29 is 9.47 Å². The van der Waals surface area contributed by atoms with Crippen molar-refractivity contribution in [1.29, 1.82) is 0 Å². The van der Waals surface area contributed by atoms with Crippen molar-refractivity contribution in [3.8, 4) is 5.75 Å². The Morgan fingerprint density at radius 3 is 2.47 bits per heavy atom. The second-order valence-corrected chi connectivity index (χ2v) is 4.12. The van der Waals surface area contributed by atoms with E-state index in [-0.39, 0.29) is 7.43 Å². The third kappa shape index (κ3) is 4.75. The first-order valence-corrected chi connectivity index (χ1v) is 5.84. The smallest absolute Gasteiger partial charge is 0.119 e. The van der Waals surface area contributed by atoms with Gasteiger partial charge in [-0.15, -0.1) is 0 Å². The fourth-order valence-corrected chi connectivity index (χ4v) is 1.75. The molecule has 1 aromatic rings. The Balaban J connectivity index is 0.00000144. The topological polar surface area (TPSA) is 21.7 Å². The number of aryl methyl sites for hydroxylation is 1. The monoisotopic (exact) mass is 237 g/mol. The minimum absolute atomic E-state index is 0. The normalized spacial score (nSPS) is 16.3. The Morgan fingerprint density at radius 1 is 1.18 bits per heavy atom. The van der Waals surface area contributed by atoms with Crippen molar-refractivity contribution in [3.63, 3.8) is 0 Å². The van der Waals surface area contributed by atoms with Crippen molar-refractivity contribution in [3.05, 3.63) is 29.8 Å². The molecule has 0 radical (unpaired) electrons. The summed E-state index contributed by atoms with van der Waals surface area (Å²) in [4.78, 5) is 2.37. The first-order valence-electron chi connectivity index (χ1n) is 5.84. The molecule has 0 amide bonds. The Labute approximate surface area is 104 Å². The van der Waals surface area contributed by atoms with Crippen LogP contribution in [-0.4, -0.2) is 44.4 Å². The molecule has 3 heteroatoms. The Bertz CT molecular complexity index is 305. The lowest BCUT2D eigenvalue weighted by atomic mass is 10.2. The van der Waals surface area contributed by atoms with E-state index in [4.69, 9.17) is 9.47 Å². The first-order chi connectivity index (χ1) is 7.84. The largest absolute Gasteiger partial charge is 0.492 e. The zero-order chi connectivity index (χ0) is 11.2. The number of ether oxygens (including phenoxy) is 2. The molecule has 0 unspecified atom stereocenters. The SMILES string of the molecule is C.Cc1ccc(OCCN2CCOCC2)cc1. The average molecular weight is 237 g/mol. The van der Waals surface area contributed by atoms with E-state index in [0.29, 0.717) is 0 Å². The van der Waals surface area contributed by atoms with Gasteiger partial charge in [0.2, 0.25) is 0 Å². The summed E-state index contributed by atoms with van der Waals surface area (Å²) in [6.45, 7) is 7.57. The standard InChI is InChI=1S/C13H19NO2.CH4/c1-12-2-4-13(5-3-12)16-11-8-14-6-9-15-10-7-14;/h2-5H,6-11H2,1H3;1H4. The van der Waals surface area contributed by atoms with E-state index in [0.717, 1.165) is 45.2 Å². The van der Waals surface area contributed by atoms with Crippen LogP contribution >= 0.6 is 0 Å². The third-order valence-electron chi connectivity index (χ3n) is 2.80. The summed E-state index contributed by atoms with van der Waals surface area (Å²) in [7, 11) is 0. The number of hydrogen-bond donors (Lipinski definition) is 0. The van der Waals surface area contributed by atoms with E-state index >= 15 is 0 Å². The van der Waals surface area contributed by atoms with Gasteiger partial charge in [-0.1, -0.05) is 25.1 Å². The van der Waals surface area contributed by atoms with Gasteiger partial charge in [0.05, 0.1) is 13.2 Å². The molecule has 2 rings (SSSR count). The van der Waals surface area contributed by atoms with Gasteiger partial charge >= 0.3 is 0 Å². The summed E-state index contributed by atoms with van der Waals surface area (Å²) >= 11 is 0. The molecular weight excluding hydrogens is 214 g/mol. The van der Waals surface area contributed by atoms with E-state index in [1.807, 2.05) is 12.1 Å². The predicted octanol–water partition coefficient (Wildman–Crippen LogP) is 2.34. The van der Waals surface area contributed by atoms with Gasteiger partial charge in [0.15, 0.2) is 0 Å². The quantitative estimate of drug-likeness (QED) is 0.802. The van der Waals surface area contributed by atoms with Gasteiger partial charge in [0.1, 0.15) is 12.4 Å². The van der Waals surface area contributed by atoms with Gasteiger partial charge in [-0.25, -0.2) is 0 Å². The van der Waals surface area contributed by atoms with Crippen molar-refractivity contribution in [2.24, 2.45) is 0 Å². The van der Waals surface area contributed by atoms with Crippen LogP contribution in [0, 0.1) is 6.92 Å². The van der Waals surface area contributed by atoms with Gasteiger partial charge in [-0.05, 0) is 19.1 Å². The number of rotatable bonds is 4. The van der Waals surface area contributed by atoms with Gasteiger partial charge in [0, 0.05) is 19.6 Å². The highest BCUT2D eigenvalue weighted by Crippen LogP contribution is 2.11. The van der Waals surface area contributed by atoms with Crippen LogP contribution in [0.15, 0.2) is 24.3 Å². The van der Waals surface area contributed by atoms with Crippen LogP contribution in [0.3, 0.4) is 0 Å². The molecule has 1 aliphatic heterocycles. The van der Waals surface area contributed by atoms with Crippen molar-refractivity contribution in [2.75, 3.05) is 39.5 Å². The fraction of sp³-hybridized carbons (Fsp3) is 0.571. The van der Waals surface area contributed by atoms with Gasteiger partial charge in [0.25, 0.3) is 0 Å². The van der Waals surface area contributed by atoms with Gasteiger partial charge in [-0.2, -0.15) is 0 Å². The highest BCUT2D eigenvalue weighted by Gasteiger charge is 2.09. The Kier molecular flexibility index (Phi) is 6.01. The van der Waals surface area contributed by atoms with E-state index in [9.17, 15) is 0 Å². The van der Waals surface area contributed by atoms with E-state index in [2.05, 4.69) is 24.0 Å². The fourth-order valence-electron chi connectivity index (χ4n) is 1.75. The third-order valence-corrected chi connectivity index (χ3v) is 2.80. The highest BCUT2D eigenvalue weighted by atomic mass is 16.5. The summed E-state index contributed by atoms with van der Waals surface area (Å²) in [5.74, 6) is 0.957. The zero-order valence-electron chi connectivity index (χ0n) is 9.82. The number of morpholine rings is 1. The molecule has 0 N–H and O–H groups in total. The van der Waals surface area contributed by atoms with Crippen LogP contribution < -0.4 is 4.74 Å². The van der Waals surface area contributed by atoms with E-state index in [1.54, 1.807) is 0 Å². The molecule has 0 atom stereocenters. The Hall–Kier alpha value is -1.06. The first kappa shape index (κ1) is 14.0. The second kappa shape index (κ2) is 7.30. The van der Waals surface area contributed by atoms with Crippen molar-refractivity contribution in [2.45, 2.75) is 14.4 Å². The molecule has 1 saturated heterocycles. The van der Waals surface area contributed by atoms with Crippen LogP contribution in [0.2, 0.25) is 0 Å². The second-order valence-electron chi connectivity index (χ2n) is 4.12. The minimum atomic E-state index is 0. The molecule has 0 saturated carbocycles. The molecule has 0 spiro atoms. The molecule has 1 aromatic carbocycles. The lowest BCUT2D eigenvalue weighted by molar-refractivity contribution is 0.0322. The van der Waals surface area contributed by atoms with Gasteiger partial charge in [-0.3, -0.25) is 4.90 Å². The lowest BCUT2D eigenvalue weighted by Crippen LogP contribution is -2.38. The van der Waals surface area contributed by atoms with Crippen LogP contribution in [0.5, 0.6) is 5.75 Å². The maximum absolute atomic E-state index is 5.68. The molecule has 1 heterocycles. The summed E-state index contributed by atoms with van der Waals surface area (Å²) in [5.41, 5.74) is 1.26. The van der Waals surface area contributed by atoms with Gasteiger partial charge < -0.3 is 9.47 Å². The summed E-state index contributed by atoms with van der Waals surface area (Å²) < 4.78 is 11.0. The molecule has 0 aromatic heterocycles. The minimum Gasteiger partial charge on any atom is -0.492 e. The molecule has 3 nitrogen and oxygen atoms in total. The number of hydrogen-bond acceptors (Lipinski definition) is 3. The highest BCUT2D eigenvalue weighted by molar-refractivity contribution is 5.26. The summed E-state index contributed by atoms with van der Waals surface area (Å²) in [6.07, 6.45) is 0. The van der Waals surface area contributed by atoms with Crippen LogP contribution in [0.1, 0.15) is 13.0 Å². The van der Waals surface area contributed by atoms with Crippen LogP contribution in [0.4, 0.5) is 0 Å². The van der Waals surface area contributed by atoms with Crippen LogP contribution in [0.25, 0.3) is 0 Å². The molecule has 1 fully saturated rings. The Morgan fingerprint density at radius 2 is 1.82 bits per heavy atom. The zero-order valence-corrected chi connectivity index (χ0v) is 9.82. The lowest BCUT2D eigenvalue weighted by Gasteiger charge is -2.26. The number of nitrogens with zero attached hydrogens (tertiary/aromatic N) is 1. The van der Waals surface area contributed by atoms with Crippen LogP contribution in [-0.2, 0) is 4.74 Å². The van der Waals surface area contributed by atoms with E-state index < -0.39 is 0 Å². The maximum Gasteiger partial charge on any atom is 0.119 e. The van der Waals surface area contributed by atoms with E-state index in [1.165, 1.54) is 5.56 Å². The van der Waals surface area contributed by atoms with Crippen molar-refractivity contribution >= 4 is 0 Å². The molecular formula is C14H23NO2. The average Bonchev–Trinajstić information content (AvgIpc) is 2.33. The number of benzene rings is 1. The molecule has 0 bridgehead atoms. The molecule has 1 aliphatic rings. The molecule has 17 heavy (non-hydrogen) atoms. The summed E-state index contributed by atoms with van der Waals surface area (Å²) in [6, 6.07) is 8.19. The molecule has 96 valence electrons.